The highest BCUT2D eigenvalue weighted by Gasteiger charge is 2.63. The summed E-state index contributed by atoms with van der Waals surface area (Å²) < 4.78 is 37.3. The Kier molecular flexibility index (Phi) is 2.94. The molecule has 1 aliphatic carbocycles. The smallest absolute Gasteiger partial charge is 0.354 e. The molecule has 2 heterocycles. The number of rotatable bonds is 0. The highest BCUT2D eigenvalue weighted by atomic mass is 32.3. The molecule has 3 rings (SSSR count). The fourth-order valence-corrected chi connectivity index (χ4v) is 2.28. The van der Waals surface area contributed by atoms with E-state index in [0.29, 0.717) is 6.10 Å². The van der Waals surface area contributed by atoms with Gasteiger partial charge in [-0.1, -0.05) is 12.2 Å². The van der Waals surface area contributed by atoms with E-state index in [0.717, 1.165) is 18.7 Å². The van der Waals surface area contributed by atoms with Crippen molar-refractivity contribution in [1.82, 2.24) is 0 Å². The third-order valence-electron chi connectivity index (χ3n) is 2.94. The third-order valence-corrected chi connectivity index (χ3v) is 2.94. The van der Waals surface area contributed by atoms with E-state index in [1.807, 2.05) is 0 Å². The van der Waals surface area contributed by atoms with Gasteiger partial charge in [0.15, 0.2) is 5.60 Å². The van der Waals surface area contributed by atoms with E-state index in [4.69, 9.17) is 22.3 Å². The summed E-state index contributed by atoms with van der Waals surface area (Å²) in [5, 5.41) is 0. The van der Waals surface area contributed by atoms with Crippen LogP contribution in [-0.4, -0.2) is 41.5 Å². The van der Waals surface area contributed by atoms with Crippen molar-refractivity contribution in [3.05, 3.63) is 23.8 Å². The average Bonchev–Trinajstić information content (AvgIpc) is 2.82. The van der Waals surface area contributed by atoms with Crippen molar-refractivity contribution in [1.29, 1.82) is 0 Å². The Hall–Kier alpha value is -1.02. The molecular formula is C10H13NO5S. The van der Waals surface area contributed by atoms with Gasteiger partial charge >= 0.3 is 10.4 Å². The summed E-state index contributed by atoms with van der Waals surface area (Å²) in [6.45, 7) is 2.99. The highest BCUT2D eigenvalue weighted by molar-refractivity contribution is 7.79. The molecule has 17 heavy (non-hydrogen) atoms. The molecule has 0 aromatic heterocycles. The van der Waals surface area contributed by atoms with Crippen LogP contribution in [0.3, 0.4) is 0 Å². The zero-order chi connectivity index (χ0) is 12.7. The molecule has 6 nitrogen and oxygen atoms in total. The van der Waals surface area contributed by atoms with E-state index in [2.05, 4.69) is 30.1 Å². The van der Waals surface area contributed by atoms with Gasteiger partial charge in [0.2, 0.25) is 0 Å². The molecule has 2 unspecified atom stereocenters. The second-order valence-electron chi connectivity index (χ2n) is 3.92. The molecule has 0 amide bonds. The molecule has 2 atom stereocenters. The van der Waals surface area contributed by atoms with Crippen molar-refractivity contribution in [2.75, 3.05) is 6.54 Å². The predicted octanol–water partition coefficient (Wildman–Crippen LogP) is 0.832. The minimum absolute atomic E-state index is 0.0764. The first-order valence-corrected chi connectivity index (χ1v) is 6.55. The van der Waals surface area contributed by atoms with Gasteiger partial charge in [-0.25, -0.2) is 0 Å². The Morgan fingerprint density at radius 1 is 1.53 bits per heavy atom. The molecule has 1 saturated heterocycles. The largest absolute Gasteiger partial charge is 0.394 e. The lowest BCUT2D eigenvalue weighted by Gasteiger charge is -2.12. The SMILES string of the molecule is C/C=C1/C=CC2=NCCC3OC213.O=S(=O)(O)O. The fraction of sp³-hybridized carbons (Fsp3) is 0.500. The molecule has 2 N–H and O–H groups in total. The number of ether oxygens (including phenoxy) is 1. The van der Waals surface area contributed by atoms with Crippen LogP contribution < -0.4 is 0 Å². The van der Waals surface area contributed by atoms with Crippen molar-refractivity contribution in [3.63, 3.8) is 0 Å². The first-order chi connectivity index (χ1) is 7.88. The fourth-order valence-electron chi connectivity index (χ4n) is 2.28. The Morgan fingerprint density at radius 2 is 2.18 bits per heavy atom. The second kappa shape index (κ2) is 4.02. The van der Waals surface area contributed by atoms with Gasteiger partial charge in [-0.15, -0.1) is 0 Å². The zero-order valence-electron chi connectivity index (χ0n) is 9.20. The highest BCUT2D eigenvalue weighted by Crippen LogP contribution is 2.51. The second-order valence-corrected chi connectivity index (χ2v) is 4.82. The maximum absolute atomic E-state index is 8.74. The van der Waals surface area contributed by atoms with Crippen LogP contribution in [-0.2, 0) is 15.1 Å². The zero-order valence-corrected chi connectivity index (χ0v) is 10.0. The minimum atomic E-state index is -4.67. The van der Waals surface area contributed by atoms with Gasteiger partial charge in [0, 0.05) is 6.54 Å². The molecule has 1 fully saturated rings. The first-order valence-electron chi connectivity index (χ1n) is 5.15. The maximum atomic E-state index is 8.74. The Bertz CT molecular complexity index is 511. The molecule has 3 aliphatic rings. The van der Waals surface area contributed by atoms with Crippen LogP contribution in [0.4, 0.5) is 0 Å². The number of hydrogen-bond acceptors (Lipinski definition) is 4. The monoisotopic (exact) mass is 259 g/mol. The lowest BCUT2D eigenvalue weighted by molar-refractivity contribution is 0.364. The topological polar surface area (TPSA) is 99.5 Å². The van der Waals surface area contributed by atoms with Crippen LogP contribution >= 0.6 is 0 Å². The van der Waals surface area contributed by atoms with Gasteiger partial charge in [0.25, 0.3) is 0 Å². The van der Waals surface area contributed by atoms with E-state index in [1.165, 1.54) is 5.57 Å². The Balaban J connectivity index is 0.000000188. The summed E-state index contributed by atoms with van der Waals surface area (Å²) in [5.74, 6) is 0. The number of aliphatic imine (C=N–C) groups is 1. The molecule has 1 spiro atoms. The summed E-state index contributed by atoms with van der Waals surface area (Å²) in [4.78, 5) is 4.47. The van der Waals surface area contributed by atoms with Gasteiger partial charge < -0.3 is 4.74 Å². The third kappa shape index (κ3) is 2.32. The molecule has 2 aliphatic heterocycles. The normalized spacial score (nSPS) is 35.6. The van der Waals surface area contributed by atoms with Crippen LogP contribution in [0.5, 0.6) is 0 Å². The van der Waals surface area contributed by atoms with E-state index >= 15 is 0 Å². The van der Waals surface area contributed by atoms with Gasteiger partial charge in [0.05, 0.1) is 5.71 Å². The van der Waals surface area contributed by atoms with Gasteiger partial charge in [0.1, 0.15) is 6.10 Å². The van der Waals surface area contributed by atoms with Crippen molar-refractivity contribution >= 4 is 16.1 Å². The first kappa shape index (κ1) is 12.4. The van der Waals surface area contributed by atoms with Gasteiger partial charge in [-0.05, 0) is 25.0 Å². The minimum Gasteiger partial charge on any atom is -0.354 e. The molecule has 0 radical (unpaired) electrons. The maximum Gasteiger partial charge on any atom is 0.394 e. The Labute approximate surface area is 99.3 Å². The molecule has 0 aromatic carbocycles. The Morgan fingerprint density at radius 3 is 2.76 bits per heavy atom. The van der Waals surface area contributed by atoms with Crippen molar-refractivity contribution in [2.24, 2.45) is 4.99 Å². The van der Waals surface area contributed by atoms with Crippen LogP contribution in [0.15, 0.2) is 28.8 Å². The van der Waals surface area contributed by atoms with Gasteiger partial charge in [-0.3, -0.25) is 14.1 Å². The quantitative estimate of drug-likeness (QED) is 0.496. The molecule has 0 saturated carbocycles. The molecular weight excluding hydrogens is 246 g/mol. The molecule has 0 bridgehead atoms. The summed E-state index contributed by atoms with van der Waals surface area (Å²) in [7, 11) is -4.67. The summed E-state index contributed by atoms with van der Waals surface area (Å²) in [6.07, 6.45) is 7.86. The lowest BCUT2D eigenvalue weighted by atomic mass is 9.92. The van der Waals surface area contributed by atoms with Crippen LogP contribution in [0.2, 0.25) is 0 Å². The van der Waals surface area contributed by atoms with Crippen LogP contribution in [0, 0.1) is 0 Å². The van der Waals surface area contributed by atoms with Crippen molar-refractivity contribution < 1.29 is 22.3 Å². The summed E-state index contributed by atoms with van der Waals surface area (Å²) in [6, 6.07) is 0. The van der Waals surface area contributed by atoms with Gasteiger partial charge in [-0.2, -0.15) is 8.42 Å². The molecule has 7 heteroatoms. The van der Waals surface area contributed by atoms with E-state index < -0.39 is 10.4 Å². The van der Waals surface area contributed by atoms with Crippen LogP contribution in [0.25, 0.3) is 0 Å². The van der Waals surface area contributed by atoms with E-state index in [9.17, 15) is 0 Å². The molecule has 94 valence electrons. The standard InChI is InChI=1S/C10H11NO.H2O4S/c1-2-7-3-4-8-10(7)9(12-10)5-6-11-8;1-5(2,3)4/h2-4,9H,5-6H2,1H3;(H2,1,2,3,4)/b7-2-;. The van der Waals surface area contributed by atoms with Crippen molar-refractivity contribution in [3.8, 4) is 0 Å². The predicted molar refractivity (Wildman–Crippen MR) is 61.6 cm³/mol. The van der Waals surface area contributed by atoms with E-state index in [-0.39, 0.29) is 5.60 Å². The molecule has 0 aromatic rings. The van der Waals surface area contributed by atoms with Crippen molar-refractivity contribution in [2.45, 2.75) is 25.0 Å². The number of nitrogens with zero attached hydrogens (tertiary/aromatic N) is 1. The lowest BCUT2D eigenvalue weighted by Crippen LogP contribution is -2.27. The summed E-state index contributed by atoms with van der Waals surface area (Å²) in [5.41, 5.74) is 2.37. The number of epoxide rings is 1. The van der Waals surface area contributed by atoms with Crippen LogP contribution in [0.1, 0.15) is 13.3 Å². The summed E-state index contributed by atoms with van der Waals surface area (Å²) >= 11 is 0. The van der Waals surface area contributed by atoms with E-state index in [1.54, 1.807) is 0 Å². The number of allylic oxidation sites excluding steroid dienone is 1. The number of hydrogen-bond donors (Lipinski definition) is 2. The average molecular weight is 259 g/mol.